The van der Waals surface area contributed by atoms with E-state index in [2.05, 4.69) is 23.8 Å². The van der Waals surface area contributed by atoms with Crippen molar-refractivity contribution in [3.8, 4) is 0 Å². The number of nitrogens with one attached hydrogen (secondary N) is 1. The molecule has 5 nitrogen and oxygen atoms in total. The molecule has 0 spiro atoms. The molecule has 1 fully saturated rings. The first-order valence-corrected chi connectivity index (χ1v) is 14.1. The fourth-order valence-electron chi connectivity index (χ4n) is 4.63. The van der Waals surface area contributed by atoms with Gasteiger partial charge in [0.25, 0.3) is 5.91 Å². The molecule has 0 unspecified atom stereocenters. The second-order valence-electron chi connectivity index (χ2n) is 9.06. The molecule has 172 valence electrons. The topological polar surface area (TPSA) is 66.5 Å². The highest BCUT2D eigenvalue weighted by atomic mass is 32.2. The van der Waals surface area contributed by atoms with E-state index in [0.717, 1.165) is 55.7 Å². The SMILES string of the molecule is CSc1ccc(S(=O)(=O)N[C@@H](C)c2ccc3c(c2)CCC3)cc1C(=O)N1CCC(C)CC1. The molecule has 1 atom stereocenters. The van der Waals surface area contributed by atoms with Crippen molar-refractivity contribution < 1.29 is 13.2 Å². The van der Waals surface area contributed by atoms with Gasteiger partial charge in [-0.3, -0.25) is 4.79 Å². The average Bonchev–Trinajstić information content (AvgIpc) is 3.26. The summed E-state index contributed by atoms with van der Waals surface area (Å²) < 4.78 is 29.2. The normalized spacial score (nSPS) is 17.9. The van der Waals surface area contributed by atoms with Crippen LogP contribution in [0.2, 0.25) is 0 Å². The van der Waals surface area contributed by atoms with Gasteiger partial charge in [-0.05, 0) is 86.1 Å². The number of rotatable bonds is 6. The van der Waals surface area contributed by atoms with Gasteiger partial charge in [0, 0.05) is 24.0 Å². The van der Waals surface area contributed by atoms with Gasteiger partial charge in [-0.25, -0.2) is 13.1 Å². The van der Waals surface area contributed by atoms with Crippen LogP contribution >= 0.6 is 11.8 Å². The average molecular weight is 473 g/mol. The van der Waals surface area contributed by atoms with Crippen molar-refractivity contribution in [1.82, 2.24) is 9.62 Å². The first-order valence-electron chi connectivity index (χ1n) is 11.4. The number of likely N-dealkylation sites (tertiary alicyclic amines) is 1. The lowest BCUT2D eigenvalue weighted by molar-refractivity contribution is 0.0693. The standard InChI is InChI=1S/C25H32N2O3S2/c1-17-11-13-27(14-12-17)25(28)23-16-22(9-10-24(23)31-3)32(29,30)26-18(2)20-8-7-19-5-4-6-21(19)15-20/h7-10,15-18,26H,4-6,11-14H2,1-3H3/t18-/m0/s1. The predicted molar refractivity (Wildman–Crippen MR) is 130 cm³/mol. The highest BCUT2D eigenvalue weighted by Gasteiger charge is 2.26. The molecular weight excluding hydrogens is 440 g/mol. The Labute approximate surface area is 196 Å². The van der Waals surface area contributed by atoms with Crippen LogP contribution in [0.1, 0.15) is 66.2 Å². The number of nitrogens with zero attached hydrogens (tertiary/aromatic N) is 1. The first-order chi connectivity index (χ1) is 15.3. The van der Waals surface area contributed by atoms with E-state index in [1.807, 2.05) is 24.1 Å². The number of piperidine rings is 1. The van der Waals surface area contributed by atoms with Crippen molar-refractivity contribution in [3.63, 3.8) is 0 Å². The smallest absolute Gasteiger partial charge is 0.255 e. The lowest BCUT2D eigenvalue weighted by Gasteiger charge is -2.31. The van der Waals surface area contributed by atoms with E-state index in [4.69, 9.17) is 0 Å². The Bertz CT molecular complexity index is 1110. The Hall–Kier alpha value is -1.83. The summed E-state index contributed by atoms with van der Waals surface area (Å²) in [5.41, 5.74) is 4.13. The Morgan fingerprint density at radius 2 is 1.81 bits per heavy atom. The molecule has 1 N–H and O–H groups in total. The van der Waals surface area contributed by atoms with Crippen molar-refractivity contribution >= 4 is 27.7 Å². The van der Waals surface area contributed by atoms with Gasteiger partial charge in [0.2, 0.25) is 10.0 Å². The molecule has 1 saturated heterocycles. The number of sulfonamides is 1. The first kappa shape index (κ1) is 23.3. The largest absolute Gasteiger partial charge is 0.339 e. The zero-order chi connectivity index (χ0) is 22.9. The molecule has 0 bridgehead atoms. The monoisotopic (exact) mass is 472 g/mol. The number of aryl methyl sites for hydroxylation is 2. The van der Waals surface area contributed by atoms with Crippen LogP contribution in [0.5, 0.6) is 0 Å². The van der Waals surface area contributed by atoms with Gasteiger partial charge in [0.15, 0.2) is 0 Å². The third kappa shape index (κ3) is 4.90. The fourth-order valence-corrected chi connectivity index (χ4v) is 6.46. The maximum atomic E-state index is 13.2. The molecule has 2 aromatic carbocycles. The van der Waals surface area contributed by atoms with E-state index in [-0.39, 0.29) is 16.8 Å². The third-order valence-electron chi connectivity index (χ3n) is 6.74. The molecule has 1 aliphatic heterocycles. The van der Waals surface area contributed by atoms with Crippen LogP contribution in [0.25, 0.3) is 0 Å². The second kappa shape index (κ2) is 9.57. The quantitative estimate of drug-likeness (QED) is 0.613. The number of benzene rings is 2. The number of thioether (sulfide) groups is 1. The van der Waals surface area contributed by atoms with Gasteiger partial charge < -0.3 is 4.90 Å². The van der Waals surface area contributed by atoms with E-state index < -0.39 is 10.0 Å². The molecule has 7 heteroatoms. The Kier molecular flexibility index (Phi) is 6.98. The number of fused-ring (bicyclic) bond motifs is 1. The second-order valence-corrected chi connectivity index (χ2v) is 11.6. The van der Waals surface area contributed by atoms with Crippen LogP contribution in [-0.4, -0.2) is 38.6 Å². The van der Waals surface area contributed by atoms with Crippen molar-refractivity contribution in [1.29, 1.82) is 0 Å². The molecular formula is C25H32N2O3S2. The van der Waals surface area contributed by atoms with Gasteiger partial charge >= 0.3 is 0 Å². The van der Waals surface area contributed by atoms with E-state index in [0.29, 0.717) is 11.5 Å². The molecule has 32 heavy (non-hydrogen) atoms. The fraction of sp³-hybridized carbons (Fsp3) is 0.480. The van der Waals surface area contributed by atoms with Crippen LogP contribution in [0.4, 0.5) is 0 Å². The minimum absolute atomic E-state index is 0.0787. The van der Waals surface area contributed by atoms with Crippen LogP contribution in [-0.2, 0) is 22.9 Å². The summed E-state index contributed by atoms with van der Waals surface area (Å²) in [5.74, 6) is 0.542. The summed E-state index contributed by atoms with van der Waals surface area (Å²) in [6.45, 7) is 5.51. The van der Waals surface area contributed by atoms with Gasteiger partial charge in [-0.15, -0.1) is 11.8 Å². The lowest BCUT2D eigenvalue weighted by Crippen LogP contribution is -2.38. The number of carbonyl (C=O) groups is 1. The summed E-state index contributed by atoms with van der Waals surface area (Å²) in [5, 5.41) is 0. The minimum Gasteiger partial charge on any atom is -0.339 e. The highest BCUT2D eigenvalue weighted by Crippen LogP contribution is 2.29. The Balaban J connectivity index is 1.56. The van der Waals surface area contributed by atoms with Gasteiger partial charge in [0.05, 0.1) is 10.5 Å². The van der Waals surface area contributed by atoms with Crippen molar-refractivity contribution in [2.24, 2.45) is 5.92 Å². The van der Waals surface area contributed by atoms with Crippen LogP contribution in [0.3, 0.4) is 0 Å². The van der Waals surface area contributed by atoms with Crippen LogP contribution in [0.15, 0.2) is 46.2 Å². The van der Waals surface area contributed by atoms with Crippen molar-refractivity contribution in [2.75, 3.05) is 19.3 Å². The third-order valence-corrected chi connectivity index (χ3v) is 9.07. The summed E-state index contributed by atoms with van der Waals surface area (Å²) in [6, 6.07) is 10.8. The van der Waals surface area contributed by atoms with Crippen LogP contribution < -0.4 is 4.72 Å². The molecule has 2 aromatic rings. The van der Waals surface area contributed by atoms with E-state index in [1.165, 1.54) is 22.9 Å². The van der Waals surface area contributed by atoms with Gasteiger partial charge in [-0.1, -0.05) is 25.1 Å². The maximum Gasteiger partial charge on any atom is 0.255 e. The molecule has 4 rings (SSSR count). The molecule has 0 saturated carbocycles. The Morgan fingerprint density at radius 3 is 2.53 bits per heavy atom. The van der Waals surface area contributed by atoms with Crippen molar-refractivity contribution in [2.45, 2.75) is 61.8 Å². The minimum atomic E-state index is -3.77. The molecule has 1 amide bonds. The van der Waals surface area contributed by atoms with Crippen molar-refractivity contribution in [3.05, 3.63) is 58.7 Å². The molecule has 1 heterocycles. The summed E-state index contributed by atoms with van der Waals surface area (Å²) in [4.78, 5) is 16.0. The molecule has 0 radical (unpaired) electrons. The zero-order valence-electron chi connectivity index (χ0n) is 19.1. The van der Waals surface area contributed by atoms with Gasteiger partial charge in [-0.2, -0.15) is 0 Å². The summed E-state index contributed by atoms with van der Waals surface area (Å²) in [7, 11) is -3.77. The zero-order valence-corrected chi connectivity index (χ0v) is 20.7. The van der Waals surface area contributed by atoms with E-state index in [9.17, 15) is 13.2 Å². The number of carbonyl (C=O) groups excluding carboxylic acids is 1. The molecule has 2 aliphatic rings. The van der Waals surface area contributed by atoms with E-state index in [1.54, 1.807) is 18.2 Å². The highest BCUT2D eigenvalue weighted by molar-refractivity contribution is 7.98. The number of hydrogen-bond donors (Lipinski definition) is 1. The van der Waals surface area contributed by atoms with Gasteiger partial charge in [0.1, 0.15) is 0 Å². The lowest BCUT2D eigenvalue weighted by atomic mass is 9.98. The molecule has 0 aromatic heterocycles. The maximum absolute atomic E-state index is 13.2. The Morgan fingerprint density at radius 1 is 1.09 bits per heavy atom. The van der Waals surface area contributed by atoms with Crippen LogP contribution in [0, 0.1) is 5.92 Å². The summed E-state index contributed by atoms with van der Waals surface area (Å²) >= 11 is 1.47. The number of amides is 1. The molecule has 1 aliphatic carbocycles. The summed E-state index contributed by atoms with van der Waals surface area (Å²) in [6.07, 6.45) is 7.19. The predicted octanol–water partition coefficient (Wildman–Crippen LogP) is 4.81. The van der Waals surface area contributed by atoms with E-state index >= 15 is 0 Å². The number of hydrogen-bond acceptors (Lipinski definition) is 4.